The fourth-order valence-corrected chi connectivity index (χ4v) is 1.46. The molecule has 0 saturated carbocycles. The van der Waals surface area contributed by atoms with Crippen LogP contribution in [-0.2, 0) is 0 Å². The van der Waals surface area contributed by atoms with E-state index in [4.69, 9.17) is 0 Å². The third kappa shape index (κ3) is 0.975. The van der Waals surface area contributed by atoms with E-state index in [0.29, 0.717) is 0 Å². The number of allylic oxidation sites excluding steroid dienone is 2. The zero-order valence-corrected chi connectivity index (χ0v) is 7.04. The van der Waals surface area contributed by atoms with Crippen LogP contribution in [-0.4, -0.2) is 10.2 Å². The molecule has 0 fully saturated rings. The number of hydrogen-bond acceptors (Lipinski definition) is 0. The molecule has 3 radical (unpaired) electrons. The van der Waals surface area contributed by atoms with E-state index in [2.05, 4.69) is 46.7 Å². The van der Waals surface area contributed by atoms with Gasteiger partial charge < -0.3 is 0 Å². The standard InChI is InChI=1S/C10H7Si/c11-6-5-9-7-8-3-1-2-4-10(8)9/h1-7H. The van der Waals surface area contributed by atoms with Crippen LogP contribution in [0.3, 0.4) is 0 Å². The highest BCUT2D eigenvalue weighted by Gasteiger charge is 2.10. The van der Waals surface area contributed by atoms with Crippen LogP contribution in [0.1, 0.15) is 11.1 Å². The van der Waals surface area contributed by atoms with Crippen molar-refractivity contribution in [3.8, 4) is 0 Å². The summed E-state index contributed by atoms with van der Waals surface area (Å²) in [4.78, 5) is 0. The Bertz CT molecular complexity index is 334. The molecule has 0 aliphatic heterocycles. The maximum atomic E-state index is 3.30. The van der Waals surface area contributed by atoms with E-state index >= 15 is 0 Å². The summed E-state index contributed by atoms with van der Waals surface area (Å²) >= 11 is 0. The lowest BCUT2D eigenvalue weighted by Crippen LogP contribution is -1.94. The van der Waals surface area contributed by atoms with Gasteiger partial charge in [0.15, 0.2) is 0 Å². The zero-order chi connectivity index (χ0) is 7.68. The average molecular weight is 155 g/mol. The number of fused-ring (bicyclic) bond motifs is 1. The van der Waals surface area contributed by atoms with Crippen molar-refractivity contribution in [2.45, 2.75) is 0 Å². The van der Waals surface area contributed by atoms with E-state index in [0.717, 1.165) is 0 Å². The van der Waals surface area contributed by atoms with Crippen molar-refractivity contribution in [2.24, 2.45) is 0 Å². The fraction of sp³-hybridized carbons (Fsp3) is 0. The Morgan fingerprint density at radius 2 is 2.00 bits per heavy atom. The summed E-state index contributed by atoms with van der Waals surface area (Å²) in [7, 11) is 3.30. The normalized spacial score (nSPS) is 14.1. The first-order valence-corrected chi connectivity index (χ1v) is 4.14. The highest BCUT2D eigenvalue weighted by atomic mass is 28.1. The summed E-state index contributed by atoms with van der Waals surface area (Å²) in [6, 6.07) is 8.38. The highest BCUT2D eigenvalue weighted by Crippen LogP contribution is 2.32. The number of rotatable bonds is 1. The molecular weight excluding hydrogens is 148 g/mol. The SMILES string of the molecule is [Si]C=CC1=Cc2ccccc21. The molecule has 0 nitrogen and oxygen atoms in total. The van der Waals surface area contributed by atoms with Crippen molar-refractivity contribution in [1.29, 1.82) is 0 Å². The molecule has 1 heteroatoms. The molecule has 1 aromatic rings. The predicted molar refractivity (Wildman–Crippen MR) is 49.2 cm³/mol. The maximum Gasteiger partial charge on any atom is 0.0601 e. The zero-order valence-electron chi connectivity index (χ0n) is 6.04. The van der Waals surface area contributed by atoms with Gasteiger partial charge in [0.25, 0.3) is 0 Å². The van der Waals surface area contributed by atoms with Crippen molar-refractivity contribution < 1.29 is 0 Å². The van der Waals surface area contributed by atoms with Gasteiger partial charge in [-0.1, -0.05) is 30.3 Å². The Balaban J connectivity index is 2.38. The average Bonchev–Trinajstić information content (AvgIpc) is 2.01. The van der Waals surface area contributed by atoms with Gasteiger partial charge in [-0.05, 0) is 22.8 Å². The second-order valence-electron chi connectivity index (χ2n) is 2.52. The van der Waals surface area contributed by atoms with Gasteiger partial charge in [0.1, 0.15) is 0 Å². The van der Waals surface area contributed by atoms with E-state index in [9.17, 15) is 0 Å². The van der Waals surface area contributed by atoms with Gasteiger partial charge in [0, 0.05) is 0 Å². The summed E-state index contributed by atoms with van der Waals surface area (Å²) in [6.45, 7) is 0. The van der Waals surface area contributed by atoms with Crippen LogP contribution in [0, 0.1) is 0 Å². The molecule has 1 aromatic carbocycles. The van der Waals surface area contributed by atoms with E-state index in [-0.39, 0.29) is 0 Å². The van der Waals surface area contributed by atoms with Crippen molar-refractivity contribution >= 4 is 21.9 Å². The molecule has 51 valence electrons. The number of benzene rings is 1. The molecule has 0 aromatic heterocycles. The molecule has 11 heavy (non-hydrogen) atoms. The molecule has 0 N–H and O–H groups in total. The summed E-state index contributed by atoms with van der Waals surface area (Å²) in [6.07, 6.45) is 4.23. The molecule has 1 aliphatic rings. The van der Waals surface area contributed by atoms with E-state index in [1.165, 1.54) is 16.7 Å². The molecule has 2 rings (SSSR count). The lowest BCUT2D eigenvalue weighted by atomic mass is 9.89. The van der Waals surface area contributed by atoms with Crippen LogP contribution in [0.25, 0.3) is 11.6 Å². The predicted octanol–water partition coefficient (Wildman–Crippen LogP) is 2.22. The Morgan fingerprint density at radius 1 is 1.18 bits per heavy atom. The van der Waals surface area contributed by atoms with Crippen LogP contribution in [0.5, 0.6) is 0 Å². The minimum Gasteiger partial charge on any atom is -0.101 e. The van der Waals surface area contributed by atoms with Crippen LogP contribution >= 0.6 is 0 Å². The van der Waals surface area contributed by atoms with Gasteiger partial charge in [-0.2, -0.15) is 0 Å². The summed E-state index contributed by atoms with van der Waals surface area (Å²) in [5.74, 6) is 0. The van der Waals surface area contributed by atoms with E-state index in [1.807, 2.05) is 5.70 Å². The molecule has 1 aliphatic carbocycles. The lowest BCUT2D eigenvalue weighted by Gasteiger charge is -2.16. The summed E-state index contributed by atoms with van der Waals surface area (Å²) in [5, 5.41) is 0. The minimum absolute atomic E-state index is 1.30. The third-order valence-electron chi connectivity index (χ3n) is 1.85. The van der Waals surface area contributed by atoms with Gasteiger partial charge in [-0.15, -0.1) is 5.70 Å². The summed E-state index contributed by atoms with van der Waals surface area (Å²) < 4.78 is 0. The highest BCUT2D eigenvalue weighted by molar-refractivity contribution is 6.18. The van der Waals surface area contributed by atoms with Crippen molar-refractivity contribution in [3.63, 3.8) is 0 Å². The Hall–Kier alpha value is -1.08. The Morgan fingerprint density at radius 3 is 2.73 bits per heavy atom. The molecule has 0 heterocycles. The largest absolute Gasteiger partial charge is 0.101 e. The van der Waals surface area contributed by atoms with Gasteiger partial charge in [0.2, 0.25) is 0 Å². The smallest absolute Gasteiger partial charge is 0.0601 e. The first kappa shape index (κ1) is 6.62. The first-order chi connectivity index (χ1) is 5.42. The molecule has 0 unspecified atom stereocenters. The Labute approximate surface area is 69.7 Å². The topological polar surface area (TPSA) is 0 Å². The van der Waals surface area contributed by atoms with E-state index < -0.39 is 0 Å². The molecule has 0 saturated heterocycles. The second-order valence-corrected chi connectivity index (χ2v) is 2.85. The minimum atomic E-state index is 1.30. The molecule has 0 spiro atoms. The van der Waals surface area contributed by atoms with Gasteiger partial charge in [-0.25, -0.2) is 0 Å². The van der Waals surface area contributed by atoms with Crippen LogP contribution in [0.4, 0.5) is 0 Å². The quantitative estimate of drug-likeness (QED) is 0.545. The third-order valence-corrected chi connectivity index (χ3v) is 2.01. The molecule has 0 bridgehead atoms. The van der Waals surface area contributed by atoms with E-state index in [1.54, 1.807) is 0 Å². The Kier molecular flexibility index (Phi) is 1.51. The van der Waals surface area contributed by atoms with Crippen LogP contribution in [0.15, 0.2) is 36.0 Å². The van der Waals surface area contributed by atoms with Crippen molar-refractivity contribution in [1.82, 2.24) is 0 Å². The first-order valence-electron chi connectivity index (χ1n) is 3.57. The second kappa shape index (κ2) is 2.51. The van der Waals surface area contributed by atoms with Gasteiger partial charge in [0.05, 0.1) is 10.2 Å². The van der Waals surface area contributed by atoms with Crippen molar-refractivity contribution in [2.75, 3.05) is 0 Å². The molecule has 0 amide bonds. The van der Waals surface area contributed by atoms with Gasteiger partial charge >= 0.3 is 0 Å². The van der Waals surface area contributed by atoms with Crippen LogP contribution in [0.2, 0.25) is 0 Å². The fourth-order valence-electron chi connectivity index (χ4n) is 1.28. The lowest BCUT2D eigenvalue weighted by molar-refractivity contribution is 1.54. The monoisotopic (exact) mass is 155 g/mol. The molecule has 0 atom stereocenters. The molecular formula is C10H7Si. The maximum absolute atomic E-state index is 3.30. The summed E-state index contributed by atoms with van der Waals surface area (Å²) in [5.41, 5.74) is 5.87. The van der Waals surface area contributed by atoms with Gasteiger partial charge in [-0.3, -0.25) is 0 Å². The van der Waals surface area contributed by atoms with Crippen molar-refractivity contribution in [3.05, 3.63) is 47.2 Å². The van der Waals surface area contributed by atoms with Crippen LogP contribution < -0.4 is 0 Å². The number of hydrogen-bond donors (Lipinski definition) is 0.